The lowest BCUT2D eigenvalue weighted by Gasteiger charge is -2.25. The number of phenolic OH excluding ortho intramolecular Hbond substituents is 1. The minimum Gasteiger partial charge on any atom is -0.508 e. The maximum atomic E-state index is 12.0. The van der Waals surface area contributed by atoms with Gasteiger partial charge in [0.1, 0.15) is 11.9 Å². The van der Waals surface area contributed by atoms with Crippen molar-refractivity contribution in [2.24, 2.45) is 0 Å². The topological polar surface area (TPSA) is 70.0 Å². The highest BCUT2D eigenvalue weighted by atomic mass is 35.5. The molecule has 1 aromatic rings. The molecule has 0 spiro atoms. The molecule has 122 valence electrons. The zero-order valence-electron chi connectivity index (χ0n) is 12.4. The normalized spacial score (nSPS) is 22.8. The van der Waals surface area contributed by atoms with Crippen molar-refractivity contribution in [3.05, 3.63) is 27.7 Å². The number of aliphatic hydroxyl groups excluding tert-OH is 1. The van der Waals surface area contributed by atoms with E-state index in [9.17, 15) is 9.90 Å². The largest absolute Gasteiger partial charge is 0.508 e. The van der Waals surface area contributed by atoms with E-state index >= 15 is 0 Å². The molecule has 22 heavy (non-hydrogen) atoms. The Balaban J connectivity index is 2.17. The van der Waals surface area contributed by atoms with Crippen LogP contribution in [0.4, 0.5) is 4.79 Å². The Hall–Kier alpha value is -1.17. The van der Waals surface area contributed by atoms with Crippen molar-refractivity contribution < 1.29 is 19.7 Å². The van der Waals surface area contributed by atoms with Crippen molar-refractivity contribution in [2.45, 2.75) is 38.3 Å². The molecule has 3 atom stereocenters. The van der Waals surface area contributed by atoms with Gasteiger partial charge in [-0.1, -0.05) is 30.1 Å². The lowest BCUT2D eigenvalue weighted by molar-refractivity contribution is 0.111. The zero-order valence-corrected chi connectivity index (χ0v) is 13.9. The molecule has 0 radical (unpaired) electrons. The van der Waals surface area contributed by atoms with Crippen LogP contribution in [0.1, 0.15) is 31.7 Å². The van der Waals surface area contributed by atoms with E-state index in [1.165, 1.54) is 12.1 Å². The lowest BCUT2D eigenvalue weighted by Crippen LogP contribution is -2.37. The maximum absolute atomic E-state index is 12.0. The van der Waals surface area contributed by atoms with Crippen molar-refractivity contribution in [1.29, 1.82) is 0 Å². The highest BCUT2D eigenvalue weighted by molar-refractivity contribution is 6.42. The first-order chi connectivity index (χ1) is 10.4. The molecule has 1 aliphatic rings. The van der Waals surface area contributed by atoms with Crippen LogP contribution in [-0.2, 0) is 4.74 Å². The minimum absolute atomic E-state index is 0.0351. The molecule has 0 aliphatic carbocycles. The van der Waals surface area contributed by atoms with Gasteiger partial charge in [-0.2, -0.15) is 0 Å². The molecule has 1 amide bonds. The average Bonchev–Trinajstić information content (AvgIpc) is 2.72. The first-order valence-corrected chi connectivity index (χ1v) is 7.87. The fourth-order valence-corrected chi connectivity index (χ4v) is 3.25. The quantitative estimate of drug-likeness (QED) is 0.856. The molecule has 0 aromatic heterocycles. The molecule has 2 rings (SSSR count). The summed E-state index contributed by atoms with van der Waals surface area (Å²) in [6.07, 6.45) is -0.343. The van der Waals surface area contributed by atoms with Crippen molar-refractivity contribution in [1.82, 2.24) is 4.90 Å². The van der Waals surface area contributed by atoms with E-state index in [0.29, 0.717) is 28.6 Å². The van der Waals surface area contributed by atoms with Crippen molar-refractivity contribution in [3.63, 3.8) is 0 Å². The molecule has 2 N–H and O–H groups in total. The molecule has 7 heteroatoms. The van der Waals surface area contributed by atoms with Gasteiger partial charge in [-0.05, 0) is 19.1 Å². The molecular weight excluding hydrogens is 329 g/mol. The highest BCUT2D eigenvalue weighted by Gasteiger charge is 2.39. The third kappa shape index (κ3) is 3.26. The van der Waals surface area contributed by atoms with Crippen molar-refractivity contribution in [2.75, 3.05) is 13.2 Å². The van der Waals surface area contributed by atoms with E-state index in [-0.39, 0.29) is 30.4 Å². The van der Waals surface area contributed by atoms with Gasteiger partial charge >= 0.3 is 6.09 Å². The van der Waals surface area contributed by atoms with Gasteiger partial charge in [-0.3, -0.25) is 0 Å². The second-order valence-corrected chi connectivity index (χ2v) is 6.31. The number of carbonyl (C=O) groups is 1. The number of rotatable bonds is 5. The van der Waals surface area contributed by atoms with E-state index in [0.717, 1.165) is 0 Å². The molecular formula is C15H19Cl2NO4. The Labute approximate surface area is 139 Å². The molecule has 0 bridgehead atoms. The number of halogens is 2. The molecule has 0 unspecified atom stereocenters. The fourth-order valence-electron chi connectivity index (χ4n) is 2.74. The maximum Gasteiger partial charge on any atom is 0.410 e. The fraction of sp³-hybridized carbons (Fsp3) is 0.533. The Morgan fingerprint density at radius 1 is 1.41 bits per heavy atom. The van der Waals surface area contributed by atoms with Gasteiger partial charge < -0.3 is 19.8 Å². The standard InChI is InChI=1S/C15H19Cl2NO4/c1-8(13-11(20)4-3-10(16)14(13)17)7-18-9(2)12(5-6-19)22-15(18)21/h3-4,8-9,12,19-20H,5-7H2,1-2H3/t8-,9-,12-/m0/s1. The van der Waals surface area contributed by atoms with Crippen LogP contribution in [0.5, 0.6) is 5.75 Å². The summed E-state index contributed by atoms with van der Waals surface area (Å²) in [5.41, 5.74) is 0.514. The summed E-state index contributed by atoms with van der Waals surface area (Å²) < 4.78 is 5.25. The van der Waals surface area contributed by atoms with Gasteiger partial charge in [-0.15, -0.1) is 0 Å². The van der Waals surface area contributed by atoms with Crippen molar-refractivity contribution >= 4 is 29.3 Å². The van der Waals surface area contributed by atoms with E-state index in [1.54, 1.807) is 4.90 Å². The SMILES string of the molecule is C[C@@H](CN1C(=O)O[C@@H](CCO)[C@@H]1C)c1c(O)ccc(Cl)c1Cl. The molecule has 1 aliphatic heterocycles. The van der Waals surface area contributed by atoms with Gasteiger partial charge in [0, 0.05) is 31.1 Å². The number of hydrogen-bond donors (Lipinski definition) is 2. The van der Waals surface area contributed by atoms with Crippen molar-refractivity contribution in [3.8, 4) is 5.75 Å². The van der Waals surface area contributed by atoms with Gasteiger partial charge in [0.2, 0.25) is 0 Å². The van der Waals surface area contributed by atoms with Crippen LogP contribution in [0.3, 0.4) is 0 Å². The van der Waals surface area contributed by atoms with Crippen LogP contribution in [0.15, 0.2) is 12.1 Å². The molecule has 1 aromatic carbocycles. The predicted octanol–water partition coefficient (Wildman–Crippen LogP) is 3.39. The number of aliphatic hydroxyl groups is 1. The summed E-state index contributed by atoms with van der Waals surface area (Å²) in [4.78, 5) is 13.6. The number of ether oxygens (including phenoxy) is 1. The Bertz CT molecular complexity index is 567. The Morgan fingerprint density at radius 3 is 2.73 bits per heavy atom. The first-order valence-electron chi connectivity index (χ1n) is 7.11. The Kier molecular flexibility index (Phi) is 5.42. The van der Waals surface area contributed by atoms with E-state index in [2.05, 4.69) is 0 Å². The second-order valence-electron chi connectivity index (χ2n) is 5.52. The summed E-state index contributed by atoms with van der Waals surface area (Å²) in [7, 11) is 0. The smallest absolute Gasteiger partial charge is 0.410 e. The number of carbonyl (C=O) groups excluding carboxylic acids is 1. The lowest BCUT2D eigenvalue weighted by atomic mass is 9.98. The summed E-state index contributed by atoms with van der Waals surface area (Å²) in [6, 6.07) is 2.86. The number of amides is 1. The number of benzene rings is 1. The summed E-state index contributed by atoms with van der Waals surface area (Å²) in [6.45, 7) is 4.04. The van der Waals surface area contributed by atoms with Gasteiger partial charge in [0.05, 0.1) is 16.1 Å². The van der Waals surface area contributed by atoms with Gasteiger partial charge in [0.15, 0.2) is 0 Å². The first kappa shape index (κ1) is 17.2. The van der Waals surface area contributed by atoms with Gasteiger partial charge in [0.25, 0.3) is 0 Å². The number of cyclic esters (lactones) is 1. The van der Waals surface area contributed by atoms with Crippen LogP contribution in [0.2, 0.25) is 10.0 Å². The van der Waals surface area contributed by atoms with Crippen LogP contribution in [0.25, 0.3) is 0 Å². The summed E-state index contributed by atoms with van der Waals surface area (Å²) in [5.74, 6) is -0.164. The van der Waals surface area contributed by atoms with Gasteiger partial charge in [-0.25, -0.2) is 4.79 Å². The third-order valence-corrected chi connectivity index (χ3v) is 4.82. The molecule has 1 saturated heterocycles. The molecule has 1 heterocycles. The minimum atomic E-state index is -0.421. The summed E-state index contributed by atoms with van der Waals surface area (Å²) in [5, 5.41) is 19.7. The van der Waals surface area contributed by atoms with E-state index in [1.807, 2.05) is 13.8 Å². The number of phenols is 1. The predicted molar refractivity (Wildman–Crippen MR) is 84.7 cm³/mol. The Morgan fingerprint density at radius 2 is 2.09 bits per heavy atom. The molecule has 5 nitrogen and oxygen atoms in total. The highest BCUT2D eigenvalue weighted by Crippen LogP contribution is 2.38. The van der Waals surface area contributed by atoms with Crippen LogP contribution >= 0.6 is 23.2 Å². The number of nitrogens with zero attached hydrogens (tertiary/aromatic N) is 1. The third-order valence-electron chi connectivity index (χ3n) is 4.00. The zero-order chi connectivity index (χ0) is 16.4. The number of aromatic hydroxyl groups is 1. The van der Waals surface area contributed by atoms with E-state index in [4.69, 9.17) is 33.0 Å². The molecule has 1 fully saturated rings. The van der Waals surface area contributed by atoms with Crippen LogP contribution in [0, 0.1) is 0 Å². The van der Waals surface area contributed by atoms with E-state index < -0.39 is 6.09 Å². The average molecular weight is 348 g/mol. The monoisotopic (exact) mass is 347 g/mol. The second kappa shape index (κ2) is 6.94. The summed E-state index contributed by atoms with van der Waals surface area (Å²) >= 11 is 12.2. The number of hydrogen-bond acceptors (Lipinski definition) is 4. The molecule has 0 saturated carbocycles. The van der Waals surface area contributed by atoms with Crippen LogP contribution < -0.4 is 0 Å². The van der Waals surface area contributed by atoms with Crippen LogP contribution in [-0.4, -0.2) is 46.5 Å².